The maximum atomic E-state index is 11.4. The van der Waals surface area contributed by atoms with Gasteiger partial charge in [0.1, 0.15) is 62.6 Å². The molecule has 0 spiro atoms. The number of carbonyl (C=O) groups excluding carboxylic acids is 3. The van der Waals surface area contributed by atoms with E-state index in [4.69, 9.17) is 28.4 Å². The average molecular weight is 783 g/mol. The molecule has 0 radical (unpaired) electrons. The van der Waals surface area contributed by atoms with Gasteiger partial charge in [-0.1, -0.05) is 68.3 Å². The van der Waals surface area contributed by atoms with Gasteiger partial charge in [-0.25, -0.2) is 14.4 Å². The van der Waals surface area contributed by atoms with Crippen LogP contribution in [0.15, 0.2) is 135 Å². The second-order valence-electron chi connectivity index (χ2n) is 11.8. The maximum Gasteiger partial charge on any atom is 0.330 e. The topological polar surface area (TPSA) is 156 Å². The van der Waals surface area contributed by atoms with Crippen LogP contribution in [-0.2, 0) is 28.6 Å². The van der Waals surface area contributed by atoms with Gasteiger partial charge in [0.2, 0.25) is 0 Å². The second-order valence-corrected chi connectivity index (χ2v) is 11.8. The van der Waals surface area contributed by atoms with Crippen LogP contribution in [0.2, 0.25) is 0 Å². The summed E-state index contributed by atoms with van der Waals surface area (Å²) < 4.78 is 37.4. The Morgan fingerprint density at radius 1 is 0.456 bits per heavy atom. The average Bonchev–Trinajstić information content (AvgIpc) is 3.25. The predicted molar refractivity (Wildman–Crippen MR) is 215 cm³/mol. The number of aliphatic hydroxyl groups is 2. The maximum absolute atomic E-state index is 11.4. The van der Waals surface area contributed by atoms with Crippen LogP contribution in [0.3, 0.4) is 0 Å². The van der Waals surface area contributed by atoms with E-state index in [0.717, 1.165) is 40.5 Å². The van der Waals surface area contributed by atoms with Gasteiger partial charge in [-0.15, -0.1) is 0 Å². The van der Waals surface area contributed by atoms with E-state index in [9.17, 15) is 24.6 Å². The van der Waals surface area contributed by atoms with Gasteiger partial charge in [-0.2, -0.15) is 0 Å². The summed E-state index contributed by atoms with van der Waals surface area (Å²) in [4.78, 5) is 32.8. The highest BCUT2D eigenvalue weighted by Crippen LogP contribution is 2.44. The van der Waals surface area contributed by atoms with Crippen molar-refractivity contribution < 1.29 is 57.8 Å². The number of ether oxygens (including phenoxy) is 7. The number of benzene rings is 4. The molecule has 2 unspecified atom stereocenters. The van der Waals surface area contributed by atoms with Crippen LogP contribution in [-0.4, -0.2) is 87.6 Å². The molecular formula is C45H50O12. The van der Waals surface area contributed by atoms with E-state index in [0.29, 0.717) is 29.6 Å². The summed E-state index contributed by atoms with van der Waals surface area (Å²) >= 11 is 0. The molecule has 12 nitrogen and oxygen atoms in total. The summed E-state index contributed by atoms with van der Waals surface area (Å²) in [7, 11) is 0. The van der Waals surface area contributed by atoms with E-state index in [1.165, 1.54) is 0 Å². The zero-order valence-corrected chi connectivity index (χ0v) is 32.1. The highest BCUT2D eigenvalue weighted by atomic mass is 16.6. The van der Waals surface area contributed by atoms with Gasteiger partial charge in [-0.3, -0.25) is 0 Å². The lowest BCUT2D eigenvalue weighted by atomic mass is 9.73. The van der Waals surface area contributed by atoms with Crippen LogP contribution in [0.25, 0.3) is 0 Å². The van der Waals surface area contributed by atoms with Crippen LogP contribution in [0, 0.1) is 0 Å². The predicted octanol–water partition coefficient (Wildman–Crippen LogP) is 6.34. The highest BCUT2D eigenvalue weighted by molar-refractivity contribution is 5.81. The molecule has 0 saturated carbocycles. The molecule has 2 N–H and O–H groups in total. The summed E-state index contributed by atoms with van der Waals surface area (Å²) in [5.74, 6) is 0.767. The molecule has 2 atom stereocenters. The molecule has 302 valence electrons. The molecule has 4 aromatic carbocycles. The zero-order chi connectivity index (χ0) is 41.3. The smallest absolute Gasteiger partial charge is 0.330 e. The third-order valence-electron chi connectivity index (χ3n) is 7.99. The first-order valence-electron chi connectivity index (χ1n) is 18.3. The Balaban J connectivity index is 0.00000113. The van der Waals surface area contributed by atoms with Crippen molar-refractivity contribution >= 4 is 17.9 Å². The largest absolute Gasteiger partial charge is 0.491 e. The number of rotatable bonds is 23. The molecule has 57 heavy (non-hydrogen) atoms. The fraction of sp³-hybridized carbons (Fsp3) is 0.267. The Morgan fingerprint density at radius 3 is 0.947 bits per heavy atom. The minimum Gasteiger partial charge on any atom is -0.491 e. The molecule has 0 aliphatic rings. The monoisotopic (exact) mass is 782 g/mol. The van der Waals surface area contributed by atoms with Crippen molar-refractivity contribution in [1.29, 1.82) is 0 Å². The van der Waals surface area contributed by atoms with E-state index < -0.39 is 11.9 Å². The SMILES string of the molecule is C=CC(=O)OCC.C=CC(=O)OCCOc1ccc(C(c2ccc(OCCO)cc2)C(c2ccc(OCCO)cc2)c2ccc(OCCOC(=O)C=C)cc2)cc1. The molecule has 4 rings (SSSR count). The lowest BCUT2D eigenvalue weighted by Gasteiger charge is -2.30. The first kappa shape index (κ1) is 45.0. The van der Waals surface area contributed by atoms with Crippen LogP contribution >= 0.6 is 0 Å². The quantitative estimate of drug-likeness (QED) is 0.0373. The standard InChI is InChI=1S/C40H42O10.C5H8O2/c1-3-37(43)49-27-25-47-35-17-9-31(10-18-35)39(29-5-13-33(14-6-29)45-23-21-41)40(30-7-15-34(16-8-30)46-24-22-42)32-11-19-36(20-12-32)48-26-28-50-38(44)4-2;1-3-5(6)7-4-2/h3-20,39-42H,1-2,21-28H2;3H,1,4H2,2H3. The summed E-state index contributed by atoms with van der Waals surface area (Å²) in [5, 5.41) is 18.5. The highest BCUT2D eigenvalue weighted by Gasteiger charge is 2.29. The van der Waals surface area contributed by atoms with E-state index in [2.05, 4.69) is 24.5 Å². The third-order valence-corrected chi connectivity index (χ3v) is 7.99. The lowest BCUT2D eigenvalue weighted by molar-refractivity contribution is -0.139. The van der Waals surface area contributed by atoms with E-state index >= 15 is 0 Å². The van der Waals surface area contributed by atoms with Crippen molar-refractivity contribution in [2.24, 2.45) is 0 Å². The Bertz CT molecular complexity index is 1690. The molecule has 12 heteroatoms. The number of esters is 3. The van der Waals surface area contributed by atoms with Crippen molar-refractivity contribution in [1.82, 2.24) is 0 Å². The van der Waals surface area contributed by atoms with Crippen LogP contribution in [0.4, 0.5) is 0 Å². The van der Waals surface area contributed by atoms with E-state index in [-0.39, 0.29) is 70.7 Å². The van der Waals surface area contributed by atoms with Crippen molar-refractivity contribution in [2.75, 3.05) is 59.5 Å². The Hall–Kier alpha value is -6.37. The number of aliphatic hydroxyl groups excluding tert-OH is 2. The molecule has 0 aliphatic heterocycles. The molecule has 0 aliphatic carbocycles. The van der Waals surface area contributed by atoms with Crippen LogP contribution < -0.4 is 18.9 Å². The lowest BCUT2D eigenvalue weighted by Crippen LogP contribution is -2.15. The van der Waals surface area contributed by atoms with Crippen molar-refractivity contribution in [3.05, 3.63) is 157 Å². The number of hydrogen-bond acceptors (Lipinski definition) is 12. The van der Waals surface area contributed by atoms with Gasteiger partial charge in [0.05, 0.1) is 19.8 Å². The van der Waals surface area contributed by atoms with Gasteiger partial charge in [-0.05, 0) is 77.7 Å². The fourth-order valence-corrected chi connectivity index (χ4v) is 5.49. The van der Waals surface area contributed by atoms with Crippen LogP contribution in [0.5, 0.6) is 23.0 Å². The van der Waals surface area contributed by atoms with Crippen molar-refractivity contribution in [3.63, 3.8) is 0 Å². The van der Waals surface area contributed by atoms with E-state index in [1.54, 1.807) is 6.92 Å². The van der Waals surface area contributed by atoms with Crippen molar-refractivity contribution in [2.45, 2.75) is 18.8 Å². The normalized spacial score (nSPS) is 11.3. The Morgan fingerprint density at radius 2 is 0.719 bits per heavy atom. The molecule has 4 aromatic rings. The molecule has 0 heterocycles. The zero-order valence-electron chi connectivity index (χ0n) is 32.1. The molecule has 0 fully saturated rings. The molecule has 0 amide bonds. The van der Waals surface area contributed by atoms with E-state index in [1.807, 2.05) is 97.1 Å². The van der Waals surface area contributed by atoms with Gasteiger partial charge in [0.25, 0.3) is 0 Å². The first-order chi connectivity index (χ1) is 27.8. The number of carbonyl (C=O) groups is 3. The fourth-order valence-electron chi connectivity index (χ4n) is 5.49. The molecule has 0 bridgehead atoms. The first-order valence-corrected chi connectivity index (χ1v) is 18.3. The Kier molecular flexibility index (Phi) is 20.3. The van der Waals surface area contributed by atoms with Gasteiger partial charge < -0.3 is 43.4 Å². The summed E-state index contributed by atoms with van der Waals surface area (Å²) in [5.41, 5.74) is 4.05. The summed E-state index contributed by atoms with van der Waals surface area (Å²) in [6.45, 7) is 12.9. The van der Waals surface area contributed by atoms with Gasteiger partial charge in [0.15, 0.2) is 0 Å². The summed E-state index contributed by atoms with van der Waals surface area (Å²) in [6, 6.07) is 31.2. The Labute approximate surface area is 333 Å². The number of hydrogen-bond donors (Lipinski definition) is 2. The minimum atomic E-state index is -0.507. The van der Waals surface area contributed by atoms with Gasteiger partial charge in [0, 0.05) is 30.1 Å². The third kappa shape index (κ3) is 15.7. The molecule has 0 aromatic heterocycles. The minimum absolute atomic E-state index is 0.0880. The summed E-state index contributed by atoms with van der Waals surface area (Å²) in [6.07, 6.45) is 3.36. The molecule has 0 saturated heterocycles. The van der Waals surface area contributed by atoms with Crippen LogP contribution in [0.1, 0.15) is 41.0 Å². The second kappa shape index (κ2) is 25.7. The molecular weight excluding hydrogens is 732 g/mol. The van der Waals surface area contributed by atoms with Crippen molar-refractivity contribution in [3.8, 4) is 23.0 Å². The van der Waals surface area contributed by atoms with Gasteiger partial charge >= 0.3 is 17.9 Å².